The van der Waals surface area contributed by atoms with Crippen LogP contribution in [0.1, 0.15) is 45.4 Å². The molecule has 1 atom stereocenters. The van der Waals surface area contributed by atoms with Gasteiger partial charge < -0.3 is 15.5 Å². The average Bonchev–Trinajstić information content (AvgIpc) is 3.10. The van der Waals surface area contributed by atoms with Gasteiger partial charge in [-0.05, 0) is 45.6 Å². The second-order valence-corrected chi connectivity index (χ2v) is 5.41. The third-order valence-corrected chi connectivity index (χ3v) is 3.76. The molecular formula is C13H25N3O. The first kappa shape index (κ1) is 12.7. The van der Waals surface area contributed by atoms with Crippen molar-refractivity contribution in [1.82, 2.24) is 15.5 Å². The molecule has 0 spiro atoms. The number of hydrogen-bond acceptors (Lipinski definition) is 2. The number of urea groups is 1. The minimum atomic E-state index is 0.0131. The summed E-state index contributed by atoms with van der Waals surface area (Å²) in [7, 11) is 0. The van der Waals surface area contributed by atoms with Gasteiger partial charge in [-0.2, -0.15) is 0 Å². The predicted octanol–water partition coefficient (Wildman–Crippen LogP) is 1.71. The summed E-state index contributed by atoms with van der Waals surface area (Å²) in [6.07, 6.45) is 7.40. The van der Waals surface area contributed by atoms with Crippen LogP contribution >= 0.6 is 0 Å². The van der Waals surface area contributed by atoms with Crippen LogP contribution < -0.4 is 10.6 Å². The largest absolute Gasteiger partial charge is 0.338 e. The Morgan fingerprint density at radius 1 is 1.29 bits per heavy atom. The fourth-order valence-corrected chi connectivity index (χ4v) is 2.44. The molecule has 1 heterocycles. The van der Waals surface area contributed by atoms with Crippen molar-refractivity contribution in [3.63, 3.8) is 0 Å². The van der Waals surface area contributed by atoms with Gasteiger partial charge >= 0.3 is 6.03 Å². The molecule has 2 N–H and O–H groups in total. The lowest BCUT2D eigenvalue weighted by Crippen LogP contribution is -2.41. The predicted molar refractivity (Wildman–Crippen MR) is 69.1 cm³/mol. The van der Waals surface area contributed by atoms with Crippen LogP contribution in [0.25, 0.3) is 0 Å². The molecule has 1 saturated heterocycles. The number of carbonyl (C=O) groups is 1. The smallest absolute Gasteiger partial charge is 0.315 e. The van der Waals surface area contributed by atoms with Crippen LogP contribution in [0, 0.1) is 0 Å². The number of nitrogens with one attached hydrogen (secondary N) is 2. The van der Waals surface area contributed by atoms with Gasteiger partial charge in [0.15, 0.2) is 0 Å². The SMILES string of the molecule is CC1CCCCN1CCCNC(=O)NC1CC1. The van der Waals surface area contributed by atoms with Crippen LogP contribution in [0.4, 0.5) is 4.79 Å². The first-order valence-electron chi connectivity index (χ1n) is 7.04. The topological polar surface area (TPSA) is 44.4 Å². The van der Waals surface area contributed by atoms with E-state index in [-0.39, 0.29) is 6.03 Å². The molecule has 0 aromatic heterocycles. The number of carbonyl (C=O) groups excluding carboxylic acids is 1. The van der Waals surface area contributed by atoms with Crippen LogP contribution in [-0.4, -0.2) is 42.6 Å². The molecule has 1 aliphatic carbocycles. The number of rotatable bonds is 5. The molecule has 0 bridgehead atoms. The first-order valence-corrected chi connectivity index (χ1v) is 7.04. The summed E-state index contributed by atoms with van der Waals surface area (Å²) in [5, 5.41) is 5.87. The summed E-state index contributed by atoms with van der Waals surface area (Å²) in [6.45, 7) is 5.45. The minimum absolute atomic E-state index is 0.0131. The fourth-order valence-electron chi connectivity index (χ4n) is 2.44. The van der Waals surface area contributed by atoms with Gasteiger partial charge in [-0.25, -0.2) is 4.79 Å². The van der Waals surface area contributed by atoms with E-state index in [1.54, 1.807) is 0 Å². The Morgan fingerprint density at radius 3 is 2.82 bits per heavy atom. The van der Waals surface area contributed by atoms with Crippen molar-refractivity contribution >= 4 is 6.03 Å². The summed E-state index contributed by atoms with van der Waals surface area (Å²) in [5.74, 6) is 0. The monoisotopic (exact) mass is 239 g/mol. The van der Waals surface area contributed by atoms with E-state index in [1.807, 2.05) is 0 Å². The summed E-state index contributed by atoms with van der Waals surface area (Å²) in [4.78, 5) is 13.9. The fraction of sp³-hybridized carbons (Fsp3) is 0.923. The zero-order valence-electron chi connectivity index (χ0n) is 10.9. The molecule has 0 radical (unpaired) electrons. The van der Waals surface area contributed by atoms with E-state index in [0.717, 1.165) is 38.4 Å². The van der Waals surface area contributed by atoms with Gasteiger partial charge in [-0.3, -0.25) is 0 Å². The highest BCUT2D eigenvalue weighted by atomic mass is 16.2. The van der Waals surface area contributed by atoms with Gasteiger partial charge in [0.2, 0.25) is 0 Å². The molecule has 0 aromatic rings. The second kappa shape index (κ2) is 6.24. The molecule has 17 heavy (non-hydrogen) atoms. The molecule has 1 aliphatic heterocycles. The van der Waals surface area contributed by atoms with Gasteiger partial charge in [0, 0.05) is 25.2 Å². The highest BCUT2D eigenvalue weighted by Gasteiger charge is 2.23. The van der Waals surface area contributed by atoms with Gasteiger partial charge in [0.05, 0.1) is 0 Å². The molecule has 98 valence electrons. The number of piperidine rings is 1. The van der Waals surface area contributed by atoms with E-state index in [4.69, 9.17) is 0 Å². The second-order valence-electron chi connectivity index (χ2n) is 5.41. The van der Waals surface area contributed by atoms with E-state index in [1.165, 1.54) is 25.8 Å². The van der Waals surface area contributed by atoms with Gasteiger partial charge in [-0.15, -0.1) is 0 Å². The molecule has 2 rings (SSSR count). The normalized spacial score (nSPS) is 25.6. The maximum Gasteiger partial charge on any atom is 0.315 e. The Kier molecular flexibility index (Phi) is 4.66. The summed E-state index contributed by atoms with van der Waals surface area (Å²) < 4.78 is 0. The van der Waals surface area contributed by atoms with E-state index >= 15 is 0 Å². The van der Waals surface area contributed by atoms with Gasteiger partial charge in [0.25, 0.3) is 0 Å². The summed E-state index contributed by atoms with van der Waals surface area (Å²) in [5.41, 5.74) is 0. The Hall–Kier alpha value is -0.770. The summed E-state index contributed by atoms with van der Waals surface area (Å²) in [6, 6.07) is 1.19. The maximum absolute atomic E-state index is 11.4. The lowest BCUT2D eigenvalue weighted by molar-refractivity contribution is 0.159. The van der Waals surface area contributed by atoms with E-state index in [2.05, 4.69) is 22.5 Å². The third-order valence-electron chi connectivity index (χ3n) is 3.76. The average molecular weight is 239 g/mol. The van der Waals surface area contributed by atoms with Crippen LogP contribution in [0.5, 0.6) is 0 Å². The van der Waals surface area contributed by atoms with Crippen LogP contribution in [0.3, 0.4) is 0 Å². The first-order chi connectivity index (χ1) is 8.25. The molecule has 2 aliphatic rings. The van der Waals surface area contributed by atoms with E-state index in [9.17, 15) is 4.79 Å². The van der Waals surface area contributed by atoms with Crippen LogP contribution in [-0.2, 0) is 0 Å². The van der Waals surface area contributed by atoms with Gasteiger partial charge in [-0.1, -0.05) is 6.42 Å². The number of nitrogens with zero attached hydrogens (tertiary/aromatic N) is 1. The summed E-state index contributed by atoms with van der Waals surface area (Å²) >= 11 is 0. The van der Waals surface area contributed by atoms with Crippen molar-refractivity contribution in [2.45, 2.75) is 57.5 Å². The maximum atomic E-state index is 11.4. The zero-order valence-corrected chi connectivity index (χ0v) is 10.9. The van der Waals surface area contributed by atoms with Crippen molar-refractivity contribution < 1.29 is 4.79 Å². The van der Waals surface area contributed by atoms with Crippen molar-refractivity contribution in [2.75, 3.05) is 19.6 Å². The number of likely N-dealkylation sites (tertiary alicyclic amines) is 1. The standard InChI is InChI=1S/C13H25N3O/c1-11-5-2-3-9-16(11)10-4-8-14-13(17)15-12-6-7-12/h11-12H,2-10H2,1H3,(H2,14,15,17). The van der Waals surface area contributed by atoms with Crippen molar-refractivity contribution in [3.8, 4) is 0 Å². The molecule has 0 aromatic carbocycles. The van der Waals surface area contributed by atoms with E-state index < -0.39 is 0 Å². The lowest BCUT2D eigenvalue weighted by atomic mass is 10.0. The van der Waals surface area contributed by atoms with Gasteiger partial charge in [0.1, 0.15) is 0 Å². The minimum Gasteiger partial charge on any atom is -0.338 e. The van der Waals surface area contributed by atoms with Crippen LogP contribution in [0.2, 0.25) is 0 Å². The molecule has 2 fully saturated rings. The molecule has 1 unspecified atom stereocenters. The lowest BCUT2D eigenvalue weighted by Gasteiger charge is -2.33. The Morgan fingerprint density at radius 2 is 2.12 bits per heavy atom. The molecule has 2 amide bonds. The Labute approximate surface area is 104 Å². The van der Waals surface area contributed by atoms with Crippen molar-refractivity contribution in [1.29, 1.82) is 0 Å². The Bertz CT molecular complexity index is 253. The quantitative estimate of drug-likeness (QED) is 0.717. The van der Waals surface area contributed by atoms with E-state index in [0.29, 0.717) is 6.04 Å². The molecule has 4 heteroatoms. The number of hydrogen-bond donors (Lipinski definition) is 2. The molecular weight excluding hydrogens is 214 g/mol. The van der Waals surface area contributed by atoms with Crippen molar-refractivity contribution in [2.24, 2.45) is 0 Å². The Balaban J connectivity index is 1.51. The highest BCUT2D eigenvalue weighted by molar-refractivity contribution is 5.74. The van der Waals surface area contributed by atoms with Crippen LogP contribution in [0.15, 0.2) is 0 Å². The molecule has 1 saturated carbocycles. The number of amides is 2. The third kappa shape index (κ3) is 4.54. The zero-order chi connectivity index (χ0) is 12.1. The van der Waals surface area contributed by atoms with Crippen molar-refractivity contribution in [3.05, 3.63) is 0 Å². The highest BCUT2D eigenvalue weighted by Crippen LogP contribution is 2.18. The molecule has 4 nitrogen and oxygen atoms in total.